The number of aryl methyl sites for hydroxylation is 2. The van der Waals surface area contributed by atoms with Crippen molar-refractivity contribution in [3.8, 4) is 0 Å². The van der Waals surface area contributed by atoms with E-state index < -0.39 is 6.04 Å². The molecule has 1 aromatic heterocycles. The Morgan fingerprint density at radius 2 is 1.70 bits per heavy atom. The van der Waals surface area contributed by atoms with Crippen molar-refractivity contribution in [1.82, 2.24) is 9.58 Å². The smallest absolute Gasteiger partial charge is 0.254 e. The predicted molar refractivity (Wildman–Crippen MR) is 75.8 cm³/mol. The van der Waals surface area contributed by atoms with Crippen molar-refractivity contribution in [3.63, 3.8) is 0 Å². The van der Waals surface area contributed by atoms with Crippen molar-refractivity contribution in [2.75, 3.05) is 5.43 Å². The lowest BCUT2D eigenvalue weighted by Crippen LogP contribution is -2.42. The molecule has 1 aromatic rings. The average molecular weight is 275 g/mol. The maximum Gasteiger partial charge on any atom is 0.254 e. The van der Waals surface area contributed by atoms with Gasteiger partial charge in [0.25, 0.3) is 5.91 Å². The number of carbonyl (C=O) groups excluding carboxylic acids is 2. The standard InChI is InChI=1S/C15H21N3O2/c1-10-7-8-11(2)18(10)16-13-9-14(19)17(15(13)20)12-5-3-4-6-12/h7-8,12-13,16H,3-6,9H2,1-2H3. The molecule has 108 valence electrons. The first-order valence-electron chi connectivity index (χ1n) is 7.35. The molecule has 0 radical (unpaired) electrons. The van der Waals surface area contributed by atoms with Crippen LogP contribution in [-0.2, 0) is 9.59 Å². The Morgan fingerprint density at radius 1 is 1.10 bits per heavy atom. The second kappa shape index (κ2) is 4.96. The summed E-state index contributed by atoms with van der Waals surface area (Å²) in [5.74, 6) is -0.0868. The normalized spacial score (nSPS) is 23.9. The van der Waals surface area contributed by atoms with Crippen molar-refractivity contribution in [3.05, 3.63) is 23.5 Å². The topological polar surface area (TPSA) is 54.3 Å². The highest BCUT2D eigenvalue weighted by molar-refractivity contribution is 6.06. The summed E-state index contributed by atoms with van der Waals surface area (Å²) in [7, 11) is 0. The van der Waals surface area contributed by atoms with Gasteiger partial charge in [-0.15, -0.1) is 0 Å². The zero-order chi connectivity index (χ0) is 14.3. The van der Waals surface area contributed by atoms with Crippen LogP contribution in [0.15, 0.2) is 12.1 Å². The van der Waals surface area contributed by atoms with Gasteiger partial charge in [0.05, 0.1) is 6.42 Å². The Bertz CT molecular complexity index is 524. The largest absolute Gasteiger partial charge is 0.313 e. The van der Waals surface area contributed by atoms with Gasteiger partial charge >= 0.3 is 0 Å². The zero-order valence-corrected chi connectivity index (χ0v) is 12.1. The number of aromatic nitrogens is 1. The van der Waals surface area contributed by atoms with Crippen LogP contribution in [-0.4, -0.2) is 33.5 Å². The molecule has 1 saturated carbocycles. The molecule has 1 aliphatic carbocycles. The van der Waals surface area contributed by atoms with E-state index in [1.165, 1.54) is 4.90 Å². The van der Waals surface area contributed by atoms with Crippen LogP contribution in [0.3, 0.4) is 0 Å². The summed E-state index contributed by atoms with van der Waals surface area (Å²) in [6, 6.07) is 3.71. The van der Waals surface area contributed by atoms with Gasteiger partial charge in [-0.25, -0.2) is 0 Å². The maximum atomic E-state index is 12.5. The highest BCUT2D eigenvalue weighted by Gasteiger charge is 2.43. The van der Waals surface area contributed by atoms with Crippen molar-refractivity contribution in [1.29, 1.82) is 0 Å². The third kappa shape index (κ3) is 2.11. The van der Waals surface area contributed by atoms with Gasteiger partial charge in [0.2, 0.25) is 5.91 Å². The van der Waals surface area contributed by atoms with E-state index in [1.54, 1.807) is 0 Å². The summed E-state index contributed by atoms with van der Waals surface area (Å²) in [4.78, 5) is 26.1. The van der Waals surface area contributed by atoms with E-state index in [4.69, 9.17) is 0 Å². The van der Waals surface area contributed by atoms with Crippen molar-refractivity contribution in [2.24, 2.45) is 0 Å². The Hall–Kier alpha value is -1.78. The first-order valence-corrected chi connectivity index (χ1v) is 7.35. The number of rotatable bonds is 3. The summed E-state index contributed by atoms with van der Waals surface area (Å²) in [5.41, 5.74) is 5.28. The van der Waals surface area contributed by atoms with E-state index in [-0.39, 0.29) is 24.3 Å². The molecule has 1 unspecified atom stereocenters. The van der Waals surface area contributed by atoms with Gasteiger partial charge < -0.3 is 5.43 Å². The Morgan fingerprint density at radius 3 is 2.30 bits per heavy atom. The molecule has 0 aromatic carbocycles. The number of amides is 2. The fourth-order valence-electron chi connectivity index (χ4n) is 3.33. The molecule has 5 nitrogen and oxygen atoms in total. The van der Waals surface area contributed by atoms with Gasteiger partial charge in [-0.05, 0) is 38.8 Å². The van der Waals surface area contributed by atoms with Gasteiger partial charge in [0, 0.05) is 17.4 Å². The number of nitrogens with one attached hydrogen (secondary N) is 1. The highest BCUT2D eigenvalue weighted by Crippen LogP contribution is 2.28. The quantitative estimate of drug-likeness (QED) is 0.855. The molecule has 1 saturated heterocycles. The van der Waals surface area contributed by atoms with E-state index in [0.717, 1.165) is 37.1 Å². The Labute approximate surface area is 118 Å². The van der Waals surface area contributed by atoms with Crippen LogP contribution in [0.4, 0.5) is 0 Å². The Kier molecular flexibility index (Phi) is 3.28. The van der Waals surface area contributed by atoms with E-state index in [1.807, 2.05) is 30.7 Å². The number of carbonyl (C=O) groups is 2. The number of hydrogen-bond acceptors (Lipinski definition) is 3. The minimum atomic E-state index is -0.423. The summed E-state index contributed by atoms with van der Waals surface area (Å²) in [6.07, 6.45) is 4.44. The average Bonchev–Trinajstić information content (AvgIpc) is 3.08. The fraction of sp³-hybridized carbons (Fsp3) is 0.600. The number of imide groups is 1. The van der Waals surface area contributed by atoms with Crippen LogP contribution < -0.4 is 5.43 Å². The number of nitrogens with zero attached hydrogens (tertiary/aromatic N) is 2. The van der Waals surface area contributed by atoms with Gasteiger partial charge in [-0.2, -0.15) is 0 Å². The molecule has 0 spiro atoms. The van der Waals surface area contributed by atoms with Gasteiger partial charge in [-0.1, -0.05) is 12.8 Å². The molecule has 2 heterocycles. The molecule has 0 bridgehead atoms. The minimum absolute atomic E-state index is 0.0261. The summed E-state index contributed by atoms with van der Waals surface area (Å²) >= 11 is 0. The predicted octanol–water partition coefficient (Wildman–Crippen LogP) is 1.72. The molecule has 2 fully saturated rings. The van der Waals surface area contributed by atoms with E-state index >= 15 is 0 Å². The second-order valence-corrected chi connectivity index (χ2v) is 5.88. The lowest BCUT2D eigenvalue weighted by molar-refractivity contribution is -0.141. The van der Waals surface area contributed by atoms with Crippen molar-refractivity contribution < 1.29 is 9.59 Å². The van der Waals surface area contributed by atoms with Crippen LogP contribution in [0.25, 0.3) is 0 Å². The van der Waals surface area contributed by atoms with Crippen LogP contribution in [0.5, 0.6) is 0 Å². The molecule has 2 amide bonds. The highest BCUT2D eigenvalue weighted by atomic mass is 16.2. The molecule has 1 aliphatic heterocycles. The molecule has 1 N–H and O–H groups in total. The molecule has 3 rings (SSSR count). The third-order valence-electron chi connectivity index (χ3n) is 4.43. The summed E-state index contributed by atoms with van der Waals surface area (Å²) in [6.45, 7) is 3.96. The molecular weight excluding hydrogens is 254 g/mol. The molecule has 2 aliphatic rings. The maximum absolute atomic E-state index is 12.5. The van der Waals surface area contributed by atoms with E-state index in [0.29, 0.717) is 0 Å². The van der Waals surface area contributed by atoms with Gasteiger partial charge in [0.1, 0.15) is 6.04 Å². The summed E-state index contributed by atoms with van der Waals surface area (Å²) in [5, 5.41) is 0. The second-order valence-electron chi connectivity index (χ2n) is 5.88. The lowest BCUT2D eigenvalue weighted by atomic mass is 10.2. The molecule has 20 heavy (non-hydrogen) atoms. The number of hydrogen-bond donors (Lipinski definition) is 1. The Balaban J connectivity index is 1.76. The van der Waals surface area contributed by atoms with Gasteiger partial charge in [0.15, 0.2) is 0 Å². The monoisotopic (exact) mass is 275 g/mol. The number of likely N-dealkylation sites (tertiary alicyclic amines) is 1. The van der Waals surface area contributed by atoms with E-state index in [2.05, 4.69) is 5.43 Å². The molecular formula is C15H21N3O2. The summed E-state index contributed by atoms with van der Waals surface area (Å²) < 4.78 is 1.90. The van der Waals surface area contributed by atoms with Crippen molar-refractivity contribution in [2.45, 2.75) is 58.0 Å². The zero-order valence-electron chi connectivity index (χ0n) is 12.1. The molecule has 5 heteroatoms. The first-order chi connectivity index (χ1) is 9.58. The molecule has 1 atom stereocenters. The minimum Gasteiger partial charge on any atom is -0.313 e. The van der Waals surface area contributed by atoms with E-state index in [9.17, 15) is 9.59 Å². The SMILES string of the molecule is Cc1ccc(C)n1NC1CC(=O)N(C2CCCC2)C1=O. The van der Waals surface area contributed by atoms with Crippen LogP contribution in [0.1, 0.15) is 43.5 Å². The van der Waals surface area contributed by atoms with Crippen molar-refractivity contribution >= 4 is 11.8 Å². The first kappa shape index (κ1) is 13.2. The fourth-order valence-corrected chi connectivity index (χ4v) is 3.33. The van der Waals surface area contributed by atoms with Crippen LogP contribution in [0.2, 0.25) is 0 Å². The third-order valence-corrected chi connectivity index (χ3v) is 4.43. The van der Waals surface area contributed by atoms with Crippen LogP contribution in [0, 0.1) is 13.8 Å². The van der Waals surface area contributed by atoms with Crippen LogP contribution >= 0.6 is 0 Å². The van der Waals surface area contributed by atoms with Gasteiger partial charge in [-0.3, -0.25) is 19.2 Å². The lowest BCUT2D eigenvalue weighted by Gasteiger charge is -2.23.